The van der Waals surface area contributed by atoms with Gasteiger partial charge in [-0.2, -0.15) is 0 Å². The van der Waals surface area contributed by atoms with Crippen LogP contribution in [0.4, 0.5) is 8.78 Å². The molecule has 0 atom stereocenters. The van der Waals surface area contributed by atoms with Crippen molar-refractivity contribution >= 4 is 17.7 Å². The van der Waals surface area contributed by atoms with Crippen LogP contribution in [0.25, 0.3) is 0 Å². The van der Waals surface area contributed by atoms with Gasteiger partial charge in [-0.15, -0.1) is 11.8 Å². The normalized spacial score (nSPS) is 15.4. The van der Waals surface area contributed by atoms with E-state index in [1.165, 1.54) is 0 Å². The van der Waals surface area contributed by atoms with Crippen LogP contribution in [0, 0.1) is 11.6 Å². The fraction of sp³-hybridized carbons (Fsp3) is 0.235. The van der Waals surface area contributed by atoms with Gasteiger partial charge in [0.15, 0.2) is 0 Å². The predicted octanol–water partition coefficient (Wildman–Crippen LogP) is 4.02. The van der Waals surface area contributed by atoms with Crippen LogP contribution in [0.5, 0.6) is 0 Å². The van der Waals surface area contributed by atoms with E-state index in [-0.39, 0.29) is 10.3 Å². The molecule has 0 saturated heterocycles. The summed E-state index contributed by atoms with van der Waals surface area (Å²) in [5, 5.41) is 2.72. The summed E-state index contributed by atoms with van der Waals surface area (Å²) < 4.78 is 26.7. The highest BCUT2D eigenvalue weighted by molar-refractivity contribution is 8.01. The number of amides is 1. The SMILES string of the molecule is O=C(NCC1(Sc2ccccc2)CC1)c1cc(F)ccc1F. The van der Waals surface area contributed by atoms with Crippen LogP contribution in [0.2, 0.25) is 0 Å². The zero-order valence-corrected chi connectivity index (χ0v) is 12.6. The van der Waals surface area contributed by atoms with Crippen molar-refractivity contribution in [3.05, 3.63) is 65.7 Å². The van der Waals surface area contributed by atoms with Crippen molar-refractivity contribution in [3.63, 3.8) is 0 Å². The second kappa shape index (κ2) is 6.08. The lowest BCUT2D eigenvalue weighted by molar-refractivity contribution is 0.0948. The van der Waals surface area contributed by atoms with Gasteiger partial charge in [0.05, 0.1) is 5.56 Å². The summed E-state index contributed by atoms with van der Waals surface area (Å²) in [7, 11) is 0. The third-order valence-corrected chi connectivity index (χ3v) is 5.12. The molecule has 0 aromatic heterocycles. The number of carbonyl (C=O) groups is 1. The summed E-state index contributed by atoms with van der Waals surface area (Å²) in [6.45, 7) is 0.446. The summed E-state index contributed by atoms with van der Waals surface area (Å²) in [4.78, 5) is 13.2. The molecule has 5 heteroatoms. The van der Waals surface area contributed by atoms with E-state index in [2.05, 4.69) is 5.32 Å². The van der Waals surface area contributed by atoms with E-state index in [0.717, 1.165) is 35.9 Å². The first-order valence-corrected chi connectivity index (χ1v) is 7.87. The number of thioether (sulfide) groups is 1. The monoisotopic (exact) mass is 319 g/mol. The van der Waals surface area contributed by atoms with E-state index in [4.69, 9.17) is 0 Å². The molecule has 0 unspecified atom stereocenters. The van der Waals surface area contributed by atoms with Gasteiger partial charge in [0.1, 0.15) is 11.6 Å². The second-order valence-corrected chi connectivity index (χ2v) is 6.95. The standard InChI is InChI=1S/C17H15F2NOS/c18-12-6-7-15(19)14(10-12)16(21)20-11-17(8-9-17)22-13-4-2-1-3-5-13/h1-7,10H,8-9,11H2,(H,20,21). The Balaban J connectivity index is 1.62. The molecule has 1 N–H and O–H groups in total. The van der Waals surface area contributed by atoms with Gasteiger partial charge in [-0.25, -0.2) is 8.78 Å². The predicted molar refractivity (Wildman–Crippen MR) is 83.0 cm³/mol. The molecule has 2 aromatic rings. The van der Waals surface area contributed by atoms with Gasteiger partial charge in [-0.1, -0.05) is 18.2 Å². The number of halogens is 2. The Bertz CT molecular complexity index is 686. The maximum atomic E-state index is 13.6. The molecule has 1 aliphatic carbocycles. The van der Waals surface area contributed by atoms with Crippen LogP contribution in [0.3, 0.4) is 0 Å². The molecule has 2 aromatic carbocycles. The van der Waals surface area contributed by atoms with Gasteiger partial charge in [-0.05, 0) is 43.2 Å². The summed E-state index contributed by atoms with van der Waals surface area (Å²) in [5.74, 6) is -1.90. The highest BCUT2D eigenvalue weighted by Gasteiger charge is 2.44. The van der Waals surface area contributed by atoms with E-state index in [9.17, 15) is 13.6 Å². The van der Waals surface area contributed by atoms with Gasteiger partial charge in [0, 0.05) is 16.2 Å². The Hall–Kier alpha value is -1.88. The molecular formula is C17H15F2NOS. The fourth-order valence-electron chi connectivity index (χ4n) is 2.20. The third-order valence-electron chi connectivity index (χ3n) is 3.63. The summed E-state index contributed by atoms with van der Waals surface area (Å²) in [6.07, 6.45) is 2.00. The molecular weight excluding hydrogens is 304 g/mol. The Morgan fingerprint density at radius 3 is 2.55 bits per heavy atom. The molecule has 0 bridgehead atoms. The van der Waals surface area contributed by atoms with E-state index < -0.39 is 17.5 Å². The molecule has 2 nitrogen and oxygen atoms in total. The quantitative estimate of drug-likeness (QED) is 0.902. The zero-order valence-electron chi connectivity index (χ0n) is 11.8. The lowest BCUT2D eigenvalue weighted by Crippen LogP contribution is -2.32. The molecule has 1 amide bonds. The number of benzene rings is 2. The van der Waals surface area contributed by atoms with Crippen molar-refractivity contribution in [2.45, 2.75) is 22.5 Å². The van der Waals surface area contributed by atoms with Crippen LogP contribution < -0.4 is 5.32 Å². The van der Waals surface area contributed by atoms with Gasteiger partial charge < -0.3 is 5.32 Å². The van der Waals surface area contributed by atoms with Crippen molar-refractivity contribution < 1.29 is 13.6 Å². The lowest BCUT2D eigenvalue weighted by Gasteiger charge is -2.16. The van der Waals surface area contributed by atoms with Crippen molar-refractivity contribution in [3.8, 4) is 0 Å². The number of hydrogen-bond acceptors (Lipinski definition) is 2. The maximum Gasteiger partial charge on any atom is 0.254 e. The highest BCUT2D eigenvalue weighted by Crippen LogP contribution is 2.51. The smallest absolute Gasteiger partial charge is 0.254 e. The Morgan fingerprint density at radius 1 is 1.14 bits per heavy atom. The van der Waals surface area contributed by atoms with Crippen molar-refractivity contribution in [2.24, 2.45) is 0 Å². The van der Waals surface area contributed by atoms with Crippen LogP contribution in [0.1, 0.15) is 23.2 Å². The number of rotatable bonds is 5. The van der Waals surface area contributed by atoms with Gasteiger partial charge >= 0.3 is 0 Å². The first kappa shape index (κ1) is 15.0. The van der Waals surface area contributed by atoms with Crippen LogP contribution in [-0.2, 0) is 0 Å². The fourth-order valence-corrected chi connectivity index (χ4v) is 3.44. The summed E-state index contributed by atoms with van der Waals surface area (Å²) in [6, 6.07) is 12.8. The molecule has 3 rings (SSSR count). The minimum absolute atomic E-state index is 0.0270. The van der Waals surface area contributed by atoms with Gasteiger partial charge in [-0.3, -0.25) is 4.79 Å². The average Bonchev–Trinajstić information content (AvgIpc) is 3.28. The first-order valence-electron chi connectivity index (χ1n) is 7.05. The Morgan fingerprint density at radius 2 is 1.86 bits per heavy atom. The van der Waals surface area contributed by atoms with E-state index in [0.29, 0.717) is 6.54 Å². The molecule has 1 saturated carbocycles. The van der Waals surface area contributed by atoms with Crippen LogP contribution in [-0.4, -0.2) is 17.2 Å². The minimum atomic E-state index is -0.709. The third kappa shape index (κ3) is 3.47. The molecule has 0 spiro atoms. The first-order chi connectivity index (χ1) is 10.6. The van der Waals surface area contributed by atoms with E-state index in [1.807, 2.05) is 30.3 Å². The molecule has 1 fully saturated rings. The van der Waals surface area contributed by atoms with Crippen molar-refractivity contribution in [2.75, 3.05) is 6.54 Å². The number of hydrogen-bond donors (Lipinski definition) is 1. The van der Waals surface area contributed by atoms with Crippen molar-refractivity contribution in [1.29, 1.82) is 0 Å². The molecule has 0 aliphatic heterocycles. The van der Waals surface area contributed by atoms with Crippen molar-refractivity contribution in [1.82, 2.24) is 5.32 Å². The van der Waals surface area contributed by atoms with E-state index in [1.54, 1.807) is 11.8 Å². The largest absolute Gasteiger partial charge is 0.351 e. The second-order valence-electron chi connectivity index (χ2n) is 5.40. The highest BCUT2D eigenvalue weighted by atomic mass is 32.2. The molecule has 22 heavy (non-hydrogen) atoms. The summed E-state index contributed by atoms with van der Waals surface area (Å²) >= 11 is 1.72. The van der Waals surface area contributed by atoms with Gasteiger partial charge in [0.2, 0.25) is 0 Å². The maximum absolute atomic E-state index is 13.6. The van der Waals surface area contributed by atoms with E-state index >= 15 is 0 Å². The molecule has 1 aliphatic rings. The number of carbonyl (C=O) groups excluding carboxylic acids is 1. The zero-order chi connectivity index (χ0) is 15.6. The Kier molecular flexibility index (Phi) is 4.16. The van der Waals surface area contributed by atoms with Gasteiger partial charge in [0.25, 0.3) is 5.91 Å². The van der Waals surface area contributed by atoms with Crippen LogP contribution >= 0.6 is 11.8 Å². The summed E-state index contributed by atoms with van der Waals surface area (Å²) in [5.41, 5.74) is -0.250. The van der Waals surface area contributed by atoms with Crippen LogP contribution in [0.15, 0.2) is 53.4 Å². The number of nitrogens with one attached hydrogen (secondary N) is 1. The molecule has 0 heterocycles. The average molecular weight is 319 g/mol. The lowest BCUT2D eigenvalue weighted by atomic mass is 10.2. The topological polar surface area (TPSA) is 29.1 Å². The molecule has 114 valence electrons. The molecule has 0 radical (unpaired) electrons. The minimum Gasteiger partial charge on any atom is -0.351 e. The Labute approximate surface area is 131 Å².